The minimum absolute atomic E-state index is 0.323. The minimum atomic E-state index is 0.323. The fraction of sp³-hybridized carbons (Fsp3) is 0.263. The zero-order valence-electron chi connectivity index (χ0n) is 13.0. The summed E-state index contributed by atoms with van der Waals surface area (Å²) in [7, 11) is 0. The Bertz CT molecular complexity index is 830. The molecule has 2 heterocycles. The molecule has 0 saturated heterocycles. The highest BCUT2D eigenvalue weighted by Crippen LogP contribution is 2.44. The summed E-state index contributed by atoms with van der Waals surface area (Å²) in [6, 6.07) is 16.9. The number of rotatable bonds is 4. The summed E-state index contributed by atoms with van der Waals surface area (Å²) in [5, 5.41) is 3.33. The highest BCUT2D eigenvalue weighted by Gasteiger charge is 2.31. The number of benzene rings is 2. The summed E-state index contributed by atoms with van der Waals surface area (Å²) in [5.41, 5.74) is 3.70. The van der Waals surface area contributed by atoms with Crippen molar-refractivity contribution in [1.29, 1.82) is 0 Å². The third kappa shape index (κ3) is 2.74. The average Bonchev–Trinajstić information content (AvgIpc) is 3.13. The molecule has 118 valence electrons. The molecule has 0 aliphatic carbocycles. The van der Waals surface area contributed by atoms with Gasteiger partial charge in [-0.2, -0.15) is 0 Å². The number of aryl methyl sites for hydroxylation is 1. The first-order valence-electron chi connectivity index (χ1n) is 7.79. The normalized spacial score (nSPS) is 17.0. The summed E-state index contributed by atoms with van der Waals surface area (Å²) in [6.45, 7) is 3.56. The molecule has 0 spiro atoms. The van der Waals surface area contributed by atoms with E-state index in [1.807, 2.05) is 34.6 Å². The van der Waals surface area contributed by atoms with E-state index in [1.165, 1.54) is 31.8 Å². The van der Waals surface area contributed by atoms with Gasteiger partial charge in [-0.05, 0) is 30.0 Å². The van der Waals surface area contributed by atoms with Gasteiger partial charge >= 0.3 is 0 Å². The molecule has 3 aromatic rings. The SMILES string of the molecule is Cc1cc2ccc3c(c2s1)[C@H](CCl)CN3OCc1ccccc1. The van der Waals surface area contributed by atoms with Crippen LogP contribution in [0.15, 0.2) is 48.5 Å². The summed E-state index contributed by atoms with van der Waals surface area (Å²) < 4.78 is 1.36. The van der Waals surface area contributed by atoms with Crippen molar-refractivity contribution >= 4 is 38.7 Å². The molecule has 4 rings (SSSR count). The van der Waals surface area contributed by atoms with Crippen LogP contribution in [-0.2, 0) is 11.4 Å². The van der Waals surface area contributed by atoms with Crippen LogP contribution in [0.1, 0.15) is 21.9 Å². The Kier molecular flexibility index (Phi) is 4.02. The second-order valence-corrected chi connectivity index (χ2v) is 7.51. The lowest BCUT2D eigenvalue weighted by Crippen LogP contribution is -2.22. The summed E-state index contributed by atoms with van der Waals surface area (Å²) in [4.78, 5) is 7.42. The molecular formula is C19H18ClNOS. The number of nitrogens with zero attached hydrogens (tertiary/aromatic N) is 1. The molecule has 2 aromatic carbocycles. The van der Waals surface area contributed by atoms with Gasteiger partial charge in [0.25, 0.3) is 0 Å². The molecule has 0 radical (unpaired) electrons. The molecule has 0 fully saturated rings. The number of halogens is 1. The van der Waals surface area contributed by atoms with Crippen LogP contribution in [-0.4, -0.2) is 12.4 Å². The predicted octanol–water partition coefficient (Wildman–Crippen LogP) is 5.48. The van der Waals surface area contributed by atoms with Crippen LogP contribution in [0.3, 0.4) is 0 Å². The van der Waals surface area contributed by atoms with E-state index < -0.39 is 0 Å². The molecule has 1 aliphatic heterocycles. The van der Waals surface area contributed by atoms with E-state index >= 15 is 0 Å². The van der Waals surface area contributed by atoms with Crippen molar-refractivity contribution in [1.82, 2.24) is 0 Å². The van der Waals surface area contributed by atoms with Gasteiger partial charge in [0.2, 0.25) is 0 Å². The summed E-state index contributed by atoms with van der Waals surface area (Å²) in [5.74, 6) is 0.943. The van der Waals surface area contributed by atoms with E-state index in [0.29, 0.717) is 18.4 Å². The molecule has 4 heteroatoms. The van der Waals surface area contributed by atoms with Crippen LogP contribution >= 0.6 is 22.9 Å². The highest BCUT2D eigenvalue weighted by molar-refractivity contribution is 7.19. The van der Waals surface area contributed by atoms with Crippen molar-refractivity contribution in [3.63, 3.8) is 0 Å². The van der Waals surface area contributed by atoms with Crippen LogP contribution in [0.25, 0.3) is 10.1 Å². The third-order valence-corrected chi connectivity index (χ3v) is 5.78. The lowest BCUT2D eigenvalue weighted by molar-refractivity contribution is 0.0978. The van der Waals surface area contributed by atoms with Crippen molar-refractivity contribution in [3.05, 3.63) is 64.5 Å². The zero-order valence-corrected chi connectivity index (χ0v) is 14.5. The number of anilines is 1. The maximum atomic E-state index is 6.25. The highest BCUT2D eigenvalue weighted by atomic mass is 35.5. The topological polar surface area (TPSA) is 12.5 Å². The van der Waals surface area contributed by atoms with Crippen LogP contribution in [0.2, 0.25) is 0 Å². The Balaban J connectivity index is 1.66. The van der Waals surface area contributed by atoms with Gasteiger partial charge in [-0.15, -0.1) is 22.9 Å². The van der Waals surface area contributed by atoms with E-state index in [2.05, 4.69) is 37.3 Å². The van der Waals surface area contributed by atoms with Gasteiger partial charge in [0.05, 0.1) is 18.8 Å². The first kappa shape index (κ1) is 15.0. The van der Waals surface area contributed by atoms with Crippen LogP contribution in [0, 0.1) is 6.92 Å². The van der Waals surface area contributed by atoms with E-state index in [9.17, 15) is 0 Å². The van der Waals surface area contributed by atoms with Gasteiger partial charge in [0.1, 0.15) is 0 Å². The fourth-order valence-corrected chi connectivity index (χ4v) is 4.61. The van der Waals surface area contributed by atoms with E-state index in [-0.39, 0.29) is 0 Å². The smallest absolute Gasteiger partial charge is 0.0999 e. The molecule has 1 atom stereocenters. The Morgan fingerprint density at radius 2 is 2.04 bits per heavy atom. The molecule has 1 aliphatic rings. The number of thiophene rings is 1. The lowest BCUT2D eigenvalue weighted by atomic mass is 10.0. The standard InChI is InChI=1S/C19H18ClNOS/c1-13-9-15-7-8-17-18(19(15)23-13)16(10-20)11-21(17)22-12-14-5-3-2-4-6-14/h2-9,16H,10-12H2,1H3/t16-/m1/s1. The van der Waals surface area contributed by atoms with E-state index in [4.69, 9.17) is 16.4 Å². The van der Waals surface area contributed by atoms with Gasteiger partial charge < -0.3 is 0 Å². The Morgan fingerprint density at radius 3 is 2.83 bits per heavy atom. The van der Waals surface area contributed by atoms with Crippen molar-refractivity contribution in [2.24, 2.45) is 0 Å². The van der Waals surface area contributed by atoms with Gasteiger partial charge in [-0.1, -0.05) is 36.4 Å². The fourth-order valence-electron chi connectivity index (χ4n) is 3.22. The predicted molar refractivity (Wildman–Crippen MR) is 98.6 cm³/mol. The summed E-state index contributed by atoms with van der Waals surface area (Å²) >= 11 is 8.10. The first-order chi connectivity index (χ1) is 11.3. The second-order valence-electron chi connectivity index (χ2n) is 5.95. The van der Waals surface area contributed by atoms with Crippen molar-refractivity contribution in [3.8, 4) is 0 Å². The van der Waals surface area contributed by atoms with Crippen LogP contribution in [0.5, 0.6) is 0 Å². The van der Waals surface area contributed by atoms with Gasteiger partial charge in [-0.3, -0.25) is 9.90 Å². The molecule has 2 nitrogen and oxygen atoms in total. The largest absolute Gasteiger partial charge is 0.269 e. The maximum absolute atomic E-state index is 6.25. The molecule has 0 N–H and O–H groups in total. The van der Waals surface area contributed by atoms with Crippen molar-refractivity contribution < 1.29 is 4.84 Å². The molecule has 0 saturated carbocycles. The van der Waals surface area contributed by atoms with Gasteiger partial charge in [-0.25, -0.2) is 0 Å². The lowest BCUT2D eigenvalue weighted by Gasteiger charge is -2.19. The molecule has 0 bridgehead atoms. The first-order valence-corrected chi connectivity index (χ1v) is 9.15. The van der Waals surface area contributed by atoms with Gasteiger partial charge in [0.15, 0.2) is 0 Å². The molecule has 0 amide bonds. The second kappa shape index (κ2) is 6.16. The third-order valence-electron chi connectivity index (χ3n) is 4.30. The molecule has 1 aromatic heterocycles. The number of alkyl halides is 1. The molecular weight excluding hydrogens is 326 g/mol. The zero-order chi connectivity index (χ0) is 15.8. The van der Waals surface area contributed by atoms with Crippen molar-refractivity contribution in [2.75, 3.05) is 17.5 Å². The number of hydrogen-bond donors (Lipinski definition) is 0. The molecule has 0 unspecified atom stereocenters. The Hall–Kier alpha value is -1.55. The number of hydrogen-bond acceptors (Lipinski definition) is 3. The van der Waals surface area contributed by atoms with E-state index in [1.54, 1.807) is 0 Å². The number of hydroxylamine groups is 1. The quantitative estimate of drug-likeness (QED) is 0.581. The molecule has 23 heavy (non-hydrogen) atoms. The maximum Gasteiger partial charge on any atom is 0.0999 e. The average molecular weight is 344 g/mol. The van der Waals surface area contributed by atoms with Crippen molar-refractivity contribution in [2.45, 2.75) is 19.4 Å². The monoisotopic (exact) mass is 343 g/mol. The number of fused-ring (bicyclic) bond motifs is 3. The van der Waals surface area contributed by atoms with Gasteiger partial charge in [0, 0.05) is 26.9 Å². The van der Waals surface area contributed by atoms with E-state index in [0.717, 1.165) is 6.54 Å². The Morgan fingerprint density at radius 1 is 1.22 bits per heavy atom. The summed E-state index contributed by atoms with van der Waals surface area (Å²) in [6.07, 6.45) is 0. The Labute approximate surface area is 145 Å². The van der Waals surface area contributed by atoms with Crippen LogP contribution < -0.4 is 5.06 Å². The minimum Gasteiger partial charge on any atom is -0.269 e. The van der Waals surface area contributed by atoms with Crippen LogP contribution in [0.4, 0.5) is 5.69 Å².